The van der Waals surface area contributed by atoms with Gasteiger partial charge in [-0.1, -0.05) is 17.7 Å². The number of halogens is 2. The van der Waals surface area contributed by atoms with Crippen molar-refractivity contribution in [2.45, 2.75) is 44.3 Å². The molecule has 2 rings (SSSR count). The summed E-state index contributed by atoms with van der Waals surface area (Å²) in [6.45, 7) is 0.865. The average molecular weight is 276 g/mol. The van der Waals surface area contributed by atoms with Gasteiger partial charge in [0.15, 0.2) is 0 Å². The highest BCUT2D eigenvalue weighted by atomic mass is 35.5. The molecule has 3 N–H and O–H groups in total. The summed E-state index contributed by atoms with van der Waals surface area (Å²) in [6.07, 6.45) is 6.46. The second-order valence-electron chi connectivity index (χ2n) is 4.48. The van der Waals surface area contributed by atoms with E-state index < -0.39 is 0 Å². The zero-order valence-electron chi connectivity index (χ0n) is 9.73. The van der Waals surface area contributed by atoms with Gasteiger partial charge in [0.25, 0.3) is 0 Å². The van der Waals surface area contributed by atoms with Crippen molar-refractivity contribution in [2.75, 3.05) is 0 Å². The summed E-state index contributed by atoms with van der Waals surface area (Å²) in [5.74, 6) is 0. The van der Waals surface area contributed by atoms with Crippen molar-refractivity contribution in [3.05, 3.63) is 29.0 Å². The molecular weight excluding hydrogens is 257 g/mol. The molecule has 1 saturated carbocycles. The van der Waals surface area contributed by atoms with Gasteiger partial charge in [-0.05, 0) is 37.3 Å². The van der Waals surface area contributed by atoms with Gasteiger partial charge in [0.1, 0.15) is 5.15 Å². The lowest BCUT2D eigenvalue weighted by molar-refractivity contribution is 0.341. The largest absolute Gasteiger partial charge is 0.328 e. The number of nitrogens with one attached hydrogen (secondary N) is 1. The number of aromatic nitrogens is 1. The summed E-state index contributed by atoms with van der Waals surface area (Å²) in [4.78, 5) is 4.06. The Morgan fingerprint density at radius 2 is 2.00 bits per heavy atom. The first kappa shape index (κ1) is 14.7. The number of rotatable bonds is 3. The highest BCUT2D eigenvalue weighted by Crippen LogP contribution is 2.17. The number of hydrogen-bond donors (Lipinski definition) is 2. The standard InChI is InChI=1S/C12H18ClN3.ClH/c13-12-6-1-9(8-16-12)7-15-11-4-2-10(14)3-5-11;/h1,6,8,10-11,15H,2-5,7,14H2;1H. The van der Waals surface area contributed by atoms with Gasteiger partial charge >= 0.3 is 0 Å². The van der Waals surface area contributed by atoms with Crippen LogP contribution in [-0.4, -0.2) is 17.1 Å². The first-order valence-corrected chi connectivity index (χ1v) is 6.21. The van der Waals surface area contributed by atoms with E-state index in [9.17, 15) is 0 Å². The van der Waals surface area contributed by atoms with Gasteiger partial charge in [0.05, 0.1) is 0 Å². The fraction of sp³-hybridized carbons (Fsp3) is 0.583. The highest BCUT2D eigenvalue weighted by molar-refractivity contribution is 6.29. The summed E-state index contributed by atoms with van der Waals surface area (Å²) in [5, 5.41) is 4.09. The van der Waals surface area contributed by atoms with Crippen LogP contribution >= 0.6 is 24.0 Å². The van der Waals surface area contributed by atoms with Crippen LogP contribution in [0.1, 0.15) is 31.2 Å². The van der Waals surface area contributed by atoms with E-state index in [2.05, 4.69) is 10.3 Å². The molecular formula is C12H19Cl2N3. The maximum absolute atomic E-state index is 5.87. The molecule has 0 aromatic carbocycles. The molecule has 3 nitrogen and oxygen atoms in total. The molecule has 5 heteroatoms. The molecule has 1 heterocycles. The lowest BCUT2D eigenvalue weighted by Gasteiger charge is -2.26. The zero-order chi connectivity index (χ0) is 11.4. The van der Waals surface area contributed by atoms with Crippen molar-refractivity contribution >= 4 is 24.0 Å². The summed E-state index contributed by atoms with van der Waals surface area (Å²) in [6, 6.07) is 4.86. The van der Waals surface area contributed by atoms with E-state index in [1.165, 1.54) is 18.4 Å². The van der Waals surface area contributed by atoms with Crippen LogP contribution in [0, 0.1) is 0 Å². The predicted molar refractivity (Wildman–Crippen MR) is 73.6 cm³/mol. The van der Waals surface area contributed by atoms with Gasteiger partial charge in [-0.3, -0.25) is 0 Å². The van der Waals surface area contributed by atoms with Crippen LogP contribution in [0.3, 0.4) is 0 Å². The molecule has 0 amide bonds. The Balaban J connectivity index is 0.00000144. The lowest BCUT2D eigenvalue weighted by atomic mass is 9.92. The van der Waals surface area contributed by atoms with Gasteiger partial charge in [-0.25, -0.2) is 4.98 Å². The van der Waals surface area contributed by atoms with Crippen molar-refractivity contribution in [3.8, 4) is 0 Å². The van der Waals surface area contributed by atoms with Gasteiger partial charge in [-0.15, -0.1) is 12.4 Å². The van der Waals surface area contributed by atoms with Crippen molar-refractivity contribution < 1.29 is 0 Å². The fourth-order valence-electron chi connectivity index (χ4n) is 2.10. The third kappa shape index (κ3) is 4.80. The van der Waals surface area contributed by atoms with Crippen molar-refractivity contribution in [3.63, 3.8) is 0 Å². The van der Waals surface area contributed by atoms with E-state index >= 15 is 0 Å². The quantitative estimate of drug-likeness (QED) is 0.834. The maximum Gasteiger partial charge on any atom is 0.129 e. The van der Waals surface area contributed by atoms with E-state index in [0.29, 0.717) is 17.2 Å². The van der Waals surface area contributed by atoms with Crippen LogP contribution < -0.4 is 11.1 Å². The Bertz CT molecular complexity index is 321. The number of pyridine rings is 1. The molecule has 0 unspecified atom stereocenters. The minimum atomic E-state index is 0. The number of hydrogen-bond acceptors (Lipinski definition) is 3. The minimum Gasteiger partial charge on any atom is -0.328 e. The average Bonchev–Trinajstić information content (AvgIpc) is 2.30. The smallest absolute Gasteiger partial charge is 0.129 e. The normalized spacial score (nSPS) is 24.1. The van der Waals surface area contributed by atoms with Gasteiger partial charge in [0.2, 0.25) is 0 Å². The molecule has 0 saturated heterocycles. The van der Waals surface area contributed by atoms with E-state index in [1.54, 1.807) is 0 Å². The third-order valence-corrected chi connectivity index (χ3v) is 3.38. The fourth-order valence-corrected chi connectivity index (χ4v) is 2.21. The Kier molecular flexibility index (Phi) is 6.20. The molecule has 0 aliphatic heterocycles. The van der Waals surface area contributed by atoms with E-state index in [1.807, 2.05) is 18.3 Å². The number of nitrogens with two attached hydrogens (primary N) is 1. The number of nitrogens with zero attached hydrogens (tertiary/aromatic N) is 1. The van der Waals surface area contributed by atoms with Crippen LogP contribution in [-0.2, 0) is 6.54 Å². The molecule has 1 aromatic heterocycles. The second-order valence-corrected chi connectivity index (χ2v) is 4.87. The Hall–Kier alpha value is -0.350. The van der Waals surface area contributed by atoms with Crippen LogP contribution in [0.4, 0.5) is 0 Å². The summed E-state index contributed by atoms with van der Waals surface area (Å²) >= 11 is 5.73. The molecule has 0 radical (unpaired) electrons. The topological polar surface area (TPSA) is 50.9 Å². The van der Waals surface area contributed by atoms with Gasteiger partial charge in [-0.2, -0.15) is 0 Å². The molecule has 1 aromatic rings. The van der Waals surface area contributed by atoms with Crippen molar-refractivity contribution in [1.29, 1.82) is 0 Å². The van der Waals surface area contributed by atoms with Gasteiger partial charge in [0, 0.05) is 24.8 Å². The molecule has 96 valence electrons. The monoisotopic (exact) mass is 275 g/mol. The van der Waals surface area contributed by atoms with Crippen LogP contribution in [0.2, 0.25) is 5.15 Å². The first-order valence-electron chi connectivity index (χ1n) is 5.83. The van der Waals surface area contributed by atoms with Crippen molar-refractivity contribution in [1.82, 2.24) is 10.3 Å². The van der Waals surface area contributed by atoms with Gasteiger partial charge < -0.3 is 11.1 Å². The van der Waals surface area contributed by atoms with E-state index in [-0.39, 0.29) is 12.4 Å². The van der Waals surface area contributed by atoms with Crippen LogP contribution in [0.15, 0.2) is 18.3 Å². The summed E-state index contributed by atoms with van der Waals surface area (Å²) in [5.41, 5.74) is 7.05. The summed E-state index contributed by atoms with van der Waals surface area (Å²) < 4.78 is 0. The minimum absolute atomic E-state index is 0. The Labute approximate surface area is 114 Å². The summed E-state index contributed by atoms with van der Waals surface area (Å²) in [7, 11) is 0. The molecule has 0 bridgehead atoms. The zero-order valence-corrected chi connectivity index (χ0v) is 11.3. The first-order chi connectivity index (χ1) is 7.74. The molecule has 1 fully saturated rings. The van der Waals surface area contributed by atoms with Crippen LogP contribution in [0.5, 0.6) is 0 Å². The SMILES string of the molecule is Cl.NC1CCC(NCc2ccc(Cl)nc2)CC1. The van der Waals surface area contributed by atoms with Crippen LogP contribution in [0.25, 0.3) is 0 Å². The molecule has 0 atom stereocenters. The predicted octanol–water partition coefficient (Wildman–Crippen LogP) is 2.52. The lowest BCUT2D eigenvalue weighted by Crippen LogP contribution is -2.37. The molecule has 1 aliphatic carbocycles. The van der Waals surface area contributed by atoms with Crippen molar-refractivity contribution in [2.24, 2.45) is 5.73 Å². The second kappa shape index (κ2) is 7.17. The highest BCUT2D eigenvalue weighted by Gasteiger charge is 2.17. The molecule has 0 spiro atoms. The Morgan fingerprint density at radius 3 is 2.59 bits per heavy atom. The molecule has 17 heavy (non-hydrogen) atoms. The Morgan fingerprint density at radius 1 is 1.29 bits per heavy atom. The third-order valence-electron chi connectivity index (χ3n) is 3.16. The van der Waals surface area contributed by atoms with E-state index in [0.717, 1.165) is 19.4 Å². The maximum atomic E-state index is 5.87. The van der Waals surface area contributed by atoms with E-state index in [4.69, 9.17) is 17.3 Å². The molecule has 1 aliphatic rings.